The Labute approximate surface area is 136 Å². The predicted octanol–water partition coefficient (Wildman–Crippen LogP) is 2.51. The number of nitrogens with zero attached hydrogens (tertiary/aromatic N) is 1. The highest BCUT2D eigenvalue weighted by Gasteiger charge is 2.37. The van der Waals surface area contributed by atoms with Gasteiger partial charge in [0.15, 0.2) is 0 Å². The molecule has 1 aromatic carbocycles. The van der Waals surface area contributed by atoms with E-state index >= 15 is 0 Å². The molecule has 122 valence electrons. The topological polar surface area (TPSA) is 66.5 Å². The number of rotatable bonds is 3. The van der Waals surface area contributed by atoms with Crippen LogP contribution in [0.5, 0.6) is 0 Å². The van der Waals surface area contributed by atoms with E-state index in [2.05, 4.69) is 12.2 Å². The van der Waals surface area contributed by atoms with E-state index in [9.17, 15) is 14.4 Å². The van der Waals surface area contributed by atoms with Gasteiger partial charge < -0.3 is 5.32 Å². The molecule has 0 aromatic heterocycles. The molecule has 1 heterocycles. The van der Waals surface area contributed by atoms with E-state index in [0.29, 0.717) is 11.1 Å². The SMILES string of the molecule is CC1(NC(=O)CN2C(=O)c3ccccc3C2=O)CCCCCC1. The smallest absolute Gasteiger partial charge is 0.262 e. The summed E-state index contributed by atoms with van der Waals surface area (Å²) in [7, 11) is 0. The molecule has 3 amide bonds. The first-order chi connectivity index (χ1) is 11.0. The molecule has 23 heavy (non-hydrogen) atoms. The van der Waals surface area contributed by atoms with Gasteiger partial charge in [0.1, 0.15) is 6.54 Å². The summed E-state index contributed by atoms with van der Waals surface area (Å²) >= 11 is 0. The molecule has 1 fully saturated rings. The van der Waals surface area contributed by atoms with Gasteiger partial charge in [-0.3, -0.25) is 19.3 Å². The van der Waals surface area contributed by atoms with Gasteiger partial charge in [-0.25, -0.2) is 0 Å². The van der Waals surface area contributed by atoms with Crippen molar-refractivity contribution in [2.45, 2.75) is 51.0 Å². The van der Waals surface area contributed by atoms with Crippen LogP contribution in [0.15, 0.2) is 24.3 Å². The van der Waals surface area contributed by atoms with E-state index < -0.39 is 0 Å². The summed E-state index contributed by atoms with van der Waals surface area (Å²) in [5, 5.41) is 3.04. The Hall–Kier alpha value is -2.17. The van der Waals surface area contributed by atoms with Gasteiger partial charge in [0, 0.05) is 5.54 Å². The standard InChI is InChI=1S/C18H22N2O3/c1-18(10-6-2-3-7-11-18)19-15(21)12-20-16(22)13-8-4-5-9-14(13)17(20)23/h4-5,8-9H,2-3,6-7,10-12H2,1H3,(H,19,21). The number of amides is 3. The van der Waals surface area contributed by atoms with Crippen LogP contribution in [0.1, 0.15) is 66.2 Å². The minimum atomic E-state index is -0.383. The van der Waals surface area contributed by atoms with Crippen molar-refractivity contribution in [2.75, 3.05) is 6.54 Å². The van der Waals surface area contributed by atoms with Gasteiger partial charge in [-0.05, 0) is 31.9 Å². The van der Waals surface area contributed by atoms with Crippen molar-refractivity contribution >= 4 is 17.7 Å². The van der Waals surface area contributed by atoms with E-state index in [1.807, 2.05) is 0 Å². The van der Waals surface area contributed by atoms with Crippen LogP contribution in [0.2, 0.25) is 0 Å². The quantitative estimate of drug-likeness (QED) is 0.688. The van der Waals surface area contributed by atoms with Crippen LogP contribution < -0.4 is 5.32 Å². The zero-order valence-electron chi connectivity index (χ0n) is 13.4. The van der Waals surface area contributed by atoms with Crippen molar-refractivity contribution in [1.82, 2.24) is 10.2 Å². The van der Waals surface area contributed by atoms with Crippen LogP contribution in [0.25, 0.3) is 0 Å². The number of nitrogens with one attached hydrogen (secondary N) is 1. The number of carbonyl (C=O) groups is 3. The zero-order valence-corrected chi connectivity index (χ0v) is 13.4. The first kappa shape index (κ1) is 15.7. The number of carbonyl (C=O) groups excluding carboxylic acids is 3. The summed E-state index contributed by atoms with van der Waals surface area (Å²) in [5.41, 5.74) is 0.531. The lowest BCUT2D eigenvalue weighted by molar-refractivity contribution is -0.123. The second-order valence-electron chi connectivity index (χ2n) is 6.77. The largest absolute Gasteiger partial charge is 0.349 e. The van der Waals surface area contributed by atoms with Crippen LogP contribution in [0, 0.1) is 0 Å². The molecular weight excluding hydrogens is 292 g/mol. The Morgan fingerprint density at radius 3 is 2.09 bits per heavy atom. The normalized spacial score (nSPS) is 20.1. The Morgan fingerprint density at radius 2 is 1.57 bits per heavy atom. The fourth-order valence-corrected chi connectivity index (χ4v) is 3.54. The van der Waals surface area contributed by atoms with Crippen molar-refractivity contribution in [3.05, 3.63) is 35.4 Å². The molecule has 0 atom stereocenters. The number of hydrogen-bond acceptors (Lipinski definition) is 3. The number of hydrogen-bond donors (Lipinski definition) is 1. The van der Waals surface area contributed by atoms with Crippen LogP contribution in [0.4, 0.5) is 0 Å². The van der Waals surface area contributed by atoms with Gasteiger partial charge in [0.25, 0.3) is 11.8 Å². The molecule has 1 aromatic rings. The molecular formula is C18H22N2O3. The molecule has 2 aliphatic rings. The Bertz CT molecular complexity index is 610. The summed E-state index contributed by atoms with van der Waals surface area (Å²) in [6, 6.07) is 6.69. The van der Waals surface area contributed by atoms with Gasteiger partial charge >= 0.3 is 0 Å². The molecule has 1 saturated carbocycles. The van der Waals surface area contributed by atoms with E-state index in [4.69, 9.17) is 0 Å². The van der Waals surface area contributed by atoms with Crippen molar-refractivity contribution in [1.29, 1.82) is 0 Å². The molecule has 3 rings (SSSR count). The highest BCUT2D eigenvalue weighted by Crippen LogP contribution is 2.27. The maximum atomic E-state index is 12.4. The highest BCUT2D eigenvalue weighted by molar-refractivity contribution is 6.22. The summed E-state index contributed by atoms with van der Waals surface area (Å²) in [5.74, 6) is -1.03. The van der Waals surface area contributed by atoms with E-state index in [1.54, 1.807) is 24.3 Å². The maximum Gasteiger partial charge on any atom is 0.262 e. The van der Waals surface area contributed by atoms with Gasteiger partial charge in [0.2, 0.25) is 5.91 Å². The lowest BCUT2D eigenvalue weighted by Gasteiger charge is -2.30. The van der Waals surface area contributed by atoms with Crippen LogP contribution in [-0.4, -0.2) is 34.7 Å². The van der Waals surface area contributed by atoms with Crippen molar-refractivity contribution in [2.24, 2.45) is 0 Å². The monoisotopic (exact) mass is 314 g/mol. The van der Waals surface area contributed by atoms with Gasteiger partial charge in [-0.2, -0.15) is 0 Å². The fraction of sp³-hybridized carbons (Fsp3) is 0.500. The summed E-state index contributed by atoms with van der Waals surface area (Å²) in [6.45, 7) is 1.85. The predicted molar refractivity (Wildman–Crippen MR) is 86.1 cm³/mol. The van der Waals surface area contributed by atoms with E-state index in [1.165, 1.54) is 12.8 Å². The molecule has 5 heteroatoms. The average Bonchev–Trinajstić information content (AvgIpc) is 2.69. The number of imide groups is 1. The van der Waals surface area contributed by atoms with Crippen LogP contribution in [0.3, 0.4) is 0 Å². The van der Waals surface area contributed by atoms with E-state index in [-0.39, 0.29) is 29.8 Å². The maximum absolute atomic E-state index is 12.4. The third kappa shape index (κ3) is 3.14. The van der Waals surface area contributed by atoms with Crippen LogP contribution >= 0.6 is 0 Å². The lowest BCUT2D eigenvalue weighted by Crippen LogP contribution is -2.50. The number of fused-ring (bicyclic) bond motifs is 1. The Kier molecular flexibility index (Phi) is 4.20. The third-order valence-electron chi connectivity index (χ3n) is 4.83. The van der Waals surface area contributed by atoms with Crippen molar-refractivity contribution in [3.8, 4) is 0 Å². The minimum absolute atomic E-state index is 0.206. The third-order valence-corrected chi connectivity index (χ3v) is 4.83. The molecule has 0 radical (unpaired) electrons. The second kappa shape index (κ2) is 6.14. The van der Waals surface area contributed by atoms with E-state index in [0.717, 1.165) is 30.6 Å². The van der Waals surface area contributed by atoms with Crippen molar-refractivity contribution in [3.63, 3.8) is 0 Å². The van der Waals surface area contributed by atoms with Gasteiger partial charge in [-0.1, -0.05) is 37.8 Å². The first-order valence-corrected chi connectivity index (χ1v) is 8.26. The minimum Gasteiger partial charge on any atom is -0.349 e. The molecule has 0 spiro atoms. The molecule has 1 N–H and O–H groups in total. The Morgan fingerprint density at radius 1 is 1.04 bits per heavy atom. The molecule has 0 unspecified atom stereocenters. The summed E-state index contributed by atoms with van der Waals surface area (Å²) < 4.78 is 0. The molecule has 0 bridgehead atoms. The zero-order chi connectivity index (χ0) is 16.4. The molecule has 1 aliphatic carbocycles. The molecule has 5 nitrogen and oxygen atoms in total. The summed E-state index contributed by atoms with van der Waals surface area (Å²) in [6.07, 6.45) is 6.49. The summed E-state index contributed by atoms with van der Waals surface area (Å²) in [4.78, 5) is 38.0. The fourth-order valence-electron chi connectivity index (χ4n) is 3.54. The van der Waals surface area contributed by atoms with Crippen LogP contribution in [-0.2, 0) is 4.79 Å². The van der Waals surface area contributed by atoms with Gasteiger partial charge in [-0.15, -0.1) is 0 Å². The highest BCUT2D eigenvalue weighted by atomic mass is 16.2. The average molecular weight is 314 g/mol. The lowest BCUT2D eigenvalue weighted by atomic mass is 9.92. The first-order valence-electron chi connectivity index (χ1n) is 8.26. The molecule has 1 aliphatic heterocycles. The van der Waals surface area contributed by atoms with Gasteiger partial charge in [0.05, 0.1) is 11.1 Å². The van der Waals surface area contributed by atoms with Crippen molar-refractivity contribution < 1.29 is 14.4 Å². The number of benzene rings is 1. The Balaban J connectivity index is 1.67. The second-order valence-corrected chi connectivity index (χ2v) is 6.77. The molecule has 0 saturated heterocycles.